The minimum atomic E-state index is 0.0680. The number of carbonyl (C=O) groups excluding carboxylic acids is 1. The van der Waals surface area contributed by atoms with Gasteiger partial charge >= 0.3 is 0 Å². The Balaban J connectivity index is 1.35. The van der Waals surface area contributed by atoms with E-state index in [9.17, 15) is 4.79 Å². The summed E-state index contributed by atoms with van der Waals surface area (Å²) in [6, 6.07) is 12.0. The lowest BCUT2D eigenvalue weighted by molar-refractivity contribution is -0.118. The van der Waals surface area contributed by atoms with Crippen LogP contribution in [0, 0.1) is 0 Å². The van der Waals surface area contributed by atoms with E-state index >= 15 is 0 Å². The van der Waals surface area contributed by atoms with Gasteiger partial charge in [0.05, 0.1) is 11.4 Å². The minimum absolute atomic E-state index is 0.0680. The van der Waals surface area contributed by atoms with Crippen molar-refractivity contribution in [3.05, 3.63) is 65.4 Å². The van der Waals surface area contributed by atoms with Crippen molar-refractivity contribution in [1.29, 1.82) is 0 Å². The number of carbonyl (C=O) groups is 1. The van der Waals surface area contributed by atoms with Gasteiger partial charge < -0.3 is 5.32 Å². The minimum Gasteiger partial charge on any atom is -0.355 e. The van der Waals surface area contributed by atoms with Gasteiger partial charge in [0, 0.05) is 36.5 Å². The third-order valence-corrected chi connectivity index (χ3v) is 5.17. The zero-order chi connectivity index (χ0) is 16.6. The van der Waals surface area contributed by atoms with Crippen LogP contribution in [-0.4, -0.2) is 33.0 Å². The van der Waals surface area contributed by atoms with Gasteiger partial charge in [-0.1, -0.05) is 30.3 Å². The van der Waals surface area contributed by atoms with Crippen LogP contribution in [-0.2, 0) is 17.0 Å². The summed E-state index contributed by atoms with van der Waals surface area (Å²) >= 11 is 3.18. The Morgan fingerprint density at radius 3 is 2.92 bits per heavy atom. The molecule has 0 aliphatic carbocycles. The molecule has 3 rings (SSSR count). The van der Waals surface area contributed by atoms with Gasteiger partial charge in [-0.05, 0) is 11.6 Å². The second-order valence-electron chi connectivity index (χ2n) is 5.15. The number of nitrogens with one attached hydrogen (secondary N) is 1. The molecule has 0 saturated carbocycles. The van der Waals surface area contributed by atoms with Crippen molar-refractivity contribution >= 4 is 29.0 Å². The zero-order valence-electron chi connectivity index (χ0n) is 13.1. The highest BCUT2D eigenvalue weighted by molar-refractivity contribution is 7.99. The van der Waals surface area contributed by atoms with Crippen LogP contribution in [0.25, 0.3) is 5.13 Å². The summed E-state index contributed by atoms with van der Waals surface area (Å²) in [5.41, 5.74) is 2.21. The standard InChI is InChI=1S/C17H18N4OS2/c22-16(13-23-11-14-5-2-1-3-6-14)18-9-7-15-12-24-17(20-15)21-10-4-8-19-21/h1-6,8,10,12H,7,9,11,13H2,(H,18,22). The predicted molar refractivity (Wildman–Crippen MR) is 98.6 cm³/mol. The largest absolute Gasteiger partial charge is 0.355 e. The number of amides is 1. The summed E-state index contributed by atoms with van der Waals surface area (Å²) in [7, 11) is 0. The van der Waals surface area contributed by atoms with Crippen LogP contribution in [0.3, 0.4) is 0 Å². The summed E-state index contributed by atoms with van der Waals surface area (Å²) in [6.45, 7) is 0.604. The molecule has 0 aliphatic heterocycles. The van der Waals surface area contributed by atoms with E-state index in [-0.39, 0.29) is 5.91 Å². The van der Waals surface area contributed by atoms with Crippen molar-refractivity contribution < 1.29 is 4.79 Å². The maximum Gasteiger partial charge on any atom is 0.230 e. The lowest BCUT2D eigenvalue weighted by atomic mass is 10.2. The molecule has 0 saturated heterocycles. The van der Waals surface area contributed by atoms with Crippen molar-refractivity contribution in [2.24, 2.45) is 0 Å². The van der Waals surface area contributed by atoms with Gasteiger partial charge in [0.2, 0.25) is 11.0 Å². The third kappa shape index (κ3) is 4.94. The van der Waals surface area contributed by atoms with E-state index in [0.29, 0.717) is 12.3 Å². The number of thioether (sulfide) groups is 1. The van der Waals surface area contributed by atoms with Crippen LogP contribution in [0.15, 0.2) is 54.2 Å². The van der Waals surface area contributed by atoms with Crippen molar-refractivity contribution in [3.8, 4) is 5.13 Å². The second kappa shape index (κ2) is 8.65. The Hall–Kier alpha value is -2.12. The van der Waals surface area contributed by atoms with Gasteiger partial charge in [-0.15, -0.1) is 23.1 Å². The molecular weight excluding hydrogens is 340 g/mol. The van der Waals surface area contributed by atoms with Crippen LogP contribution >= 0.6 is 23.1 Å². The van der Waals surface area contributed by atoms with Gasteiger partial charge in [-0.3, -0.25) is 4.79 Å². The molecule has 1 amide bonds. The Kier molecular flexibility index (Phi) is 6.03. The average molecular weight is 358 g/mol. The lowest BCUT2D eigenvalue weighted by Gasteiger charge is -2.04. The highest BCUT2D eigenvalue weighted by Gasteiger charge is 2.06. The Labute approximate surface area is 149 Å². The lowest BCUT2D eigenvalue weighted by Crippen LogP contribution is -2.27. The number of hydrogen-bond donors (Lipinski definition) is 1. The number of thiazole rings is 1. The molecule has 0 fully saturated rings. The van der Waals surface area contributed by atoms with Crippen LogP contribution in [0.2, 0.25) is 0 Å². The topological polar surface area (TPSA) is 59.8 Å². The zero-order valence-corrected chi connectivity index (χ0v) is 14.7. The molecule has 2 heterocycles. The van der Waals surface area contributed by atoms with Gasteiger partial charge in [0.1, 0.15) is 0 Å². The molecule has 0 bridgehead atoms. The number of rotatable bonds is 8. The number of nitrogens with zero attached hydrogens (tertiary/aromatic N) is 3. The second-order valence-corrected chi connectivity index (χ2v) is 6.97. The smallest absolute Gasteiger partial charge is 0.230 e. The molecule has 24 heavy (non-hydrogen) atoms. The molecule has 0 unspecified atom stereocenters. The van der Waals surface area contributed by atoms with E-state index in [1.807, 2.05) is 35.8 Å². The predicted octanol–water partition coefficient (Wildman–Crippen LogP) is 2.92. The number of benzene rings is 1. The maximum atomic E-state index is 11.9. The first-order chi connectivity index (χ1) is 11.8. The molecule has 1 N–H and O–H groups in total. The normalized spacial score (nSPS) is 10.7. The molecule has 2 aromatic heterocycles. The van der Waals surface area contributed by atoms with Crippen molar-refractivity contribution in [2.75, 3.05) is 12.3 Å². The van der Waals surface area contributed by atoms with Gasteiger partial charge in [0.15, 0.2) is 0 Å². The van der Waals surface area contributed by atoms with Gasteiger partial charge in [-0.2, -0.15) is 5.10 Å². The van der Waals surface area contributed by atoms with Crippen LogP contribution in [0.5, 0.6) is 0 Å². The van der Waals surface area contributed by atoms with E-state index in [2.05, 4.69) is 27.5 Å². The summed E-state index contributed by atoms with van der Waals surface area (Å²) in [4.78, 5) is 16.4. The van der Waals surface area contributed by atoms with Crippen LogP contribution < -0.4 is 5.32 Å². The summed E-state index contributed by atoms with van der Waals surface area (Å²) < 4.78 is 1.74. The maximum absolute atomic E-state index is 11.9. The molecule has 1 aromatic carbocycles. The van der Waals surface area contributed by atoms with Crippen molar-refractivity contribution in [2.45, 2.75) is 12.2 Å². The molecule has 3 aromatic rings. The van der Waals surface area contributed by atoms with Crippen molar-refractivity contribution in [1.82, 2.24) is 20.1 Å². The quantitative estimate of drug-likeness (QED) is 0.673. The fraction of sp³-hybridized carbons (Fsp3) is 0.235. The molecule has 7 heteroatoms. The molecule has 0 aliphatic rings. The summed E-state index contributed by atoms with van der Waals surface area (Å²) in [6.07, 6.45) is 4.33. The SMILES string of the molecule is O=C(CSCc1ccccc1)NCCc1csc(-n2cccn2)n1. The Morgan fingerprint density at radius 1 is 1.25 bits per heavy atom. The van der Waals surface area contributed by atoms with Crippen LogP contribution in [0.1, 0.15) is 11.3 Å². The Bertz CT molecular complexity index is 756. The fourth-order valence-corrected chi connectivity index (χ4v) is 3.73. The van der Waals surface area contributed by atoms with Crippen molar-refractivity contribution in [3.63, 3.8) is 0 Å². The van der Waals surface area contributed by atoms with E-state index in [1.54, 1.807) is 34.0 Å². The average Bonchev–Trinajstić information content (AvgIpc) is 3.27. The van der Waals surface area contributed by atoms with E-state index in [4.69, 9.17) is 0 Å². The monoisotopic (exact) mass is 358 g/mol. The fourth-order valence-electron chi connectivity index (χ4n) is 2.12. The third-order valence-electron chi connectivity index (χ3n) is 3.29. The first-order valence-electron chi connectivity index (χ1n) is 7.64. The van der Waals surface area contributed by atoms with E-state index in [1.165, 1.54) is 5.56 Å². The summed E-state index contributed by atoms with van der Waals surface area (Å²) in [5, 5.41) is 9.96. The first kappa shape index (κ1) is 16.7. The van der Waals surface area contributed by atoms with Gasteiger partial charge in [0.25, 0.3) is 0 Å². The van der Waals surface area contributed by atoms with Gasteiger partial charge in [-0.25, -0.2) is 9.67 Å². The summed E-state index contributed by atoms with van der Waals surface area (Å²) in [5.74, 6) is 1.40. The molecule has 5 nitrogen and oxygen atoms in total. The van der Waals surface area contributed by atoms with E-state index in [0.717, 1.165) is 23.0 Å². The van der Waals surface area contributed by atoms with E-state index < -0.39 is 0 Å². The Morgan fingerprint density at radius 2 is 2.12 bits per heavy atom. The molecule has 124 valence electrons. The molecular formula is C17H18N4OS2. The molecule has 0 radical (unpaired) electrons. The highest BCUT2D eigenvalue weighted by atomic mass is 32.2. The molecule has 0 atom stereocenters. The first-order valence-corrected chi connectivity index (χ1v) is 9.67. The molecule has 0 spiro atoms. The van der Waals surface area contributed by atoms with Crippen LogP contribution in [0.4, 0.5) is 0 Å². The number of hydrogen-bond acceptors (Lipinski definition) is 5. The number of aromatic nitrogens is 3. The highest BCUT2D eigenvalue weighted by Crippen LogP contribution is 2.14.